The number of nitrogens with one attached hydrogen (secondary N) is 1. The van der Waals surface area contributed by atoms with Crippen LogP contribution in [-0.4, -0.2) is 11.5 Å². The summed E-state index contributed by atoms with van der Waals surface area (Å²) >= 11 is 1.81. The Labute approximate surface area is 108 Å². The molecule has 0 saturated carbocycles. The number of hydrogen-bond acceptors (Lipinski definition) is 3. The summed E-state index contributed by atoms with van der Waals surface area (Å²) in [5, 5.41) is 0. The molecule has 2 unspecified atom stereocenters. The number of nitrogens with two attached hydrogens (primary N) is 1. The molecule has 3 N–H and O–H groups in total. The van der Waals surface area contributed by atoms with Crippen molar-refractivity contribution in [2.75, 3.05) is 11.5 Å². The molecule has 1 aliphatic rings. The van der Waals surface area contributed by atoms with Crippen LogP contribution in [0.5, 0.6) is 0 Å². The molecule has 0 aromatic heterocycles. The summed E-state index contributed by atoms with van der Waals surface area (Å²) in [4.78, 5) is 0. The summed E-state index contributed by atoms with van der Waals surface area (Å²) in [6.45, 7) is 0. The SMILES string of the molecule is NNC(c1cccc(C(F)(F)F)c1)C1CCSC1. The van der Waals surface area contributed by atoms with Crippen molar-refractivity contribution < 1.29 is 13.2 Å². The molecule has 6 heteroatoms. The third-order valence-corrected chi connectivity index (χ3v) is 4.38. The van der Waals surface area contributed by atoms with Gasteiger partial charge < -0.3 is 0 Å². The van der Waals surface area contributed by atoms with Crippen molar-refractivity contribution in [2.24, 2.45) is 11.8 Å². The summed E-state index contributed by atoms with van der Waals surface area (Å²) < 4.78 is 38.0. The monoisotopic (exact) mass is 276 g/mol. The van der Waals surface area contributed by atoms with Crippen LogP contribution in [0.1, 0.15) is 23.6 Å². The maximum atomic E-state index is 12.7. The van der Waals surface area contributed by atoms with E-state index in [2.05, 4.69) is 5.43 Å². The summed E-state index contributed by atoms with van der Waals surface area (Å²) in [5.41, 5.74) is 2.65. The van der Waals surface area contributed by atoms with Crippen LogP contribution in [0.2, 0.25) is 0 Å². The standard InChI is InChI=1S/C12H15F3N2S/c13-12(14,15)10-3-1-2-8(6-10)11(17-16)9-4-5-18-7-9/h1-3,6,9,11,17H,4-5,7,16H2. The molecule has 2 atom stereocenters. The van der Waals surface area contributed by atoms with Gasteiger partial charge in [-0.25, -0.2) is 0 Å². The van der Waals surface area contributed by atoms with Crippen molar-refractivity contribution in [3.63, 3.8) is 0 Å². The quantitative estimate of drug-likeness (QED) is 0.658. The highest BCUT2D eigenvalue weighted by atomic mass is 32.2. The third kappa shape index (κ3) is 2.99. The number of hydrazine groups is 1. The molecule has 1 heterocycles. The first kappa shape index (κ1) is 13.7. The molecule has 1 fully saturated rings. The average Bonchev–Trinajstić information content (AvgIpc) is 2.83. The van der Waals surface area contributed by atoms with Crippen LogP contribution in [0.15, 0.2) is 24.3 Å². The number of benzene rings is 1. The fraction of sp³-hybridized carbons (Fsp3) is 0.500. The van der Waals surface area contributed by atoms with Gasteiger partial charge in [0, 0.05) is 6.04 Å². The molecule has 1 saturated heterocycles. The second-order valence-electron chi connectivity index (χ2n) is 4.39. The van der Waals surface area contributed by atoms with Gasteiger partial charge in [0.15, 0.2) is 0 Å². The van der Waals surface area contributed by atoms with Gasteiger partial charge >= 0.3 is 6.18 Å². The average molecular weight is 276 g/mol. The lowest BCUT2D eigenvalue weighted by Gasteiger charge is -2.23. The Morgan fingerprint density at radius 2 is 2.17 bits per heavy atom. The molecule has 100 valence electrons. The van der Waals surface area contributed by atoms with Crippen LogP contribution < -0.4 is 11.3 Å². The molecule has 2 rings (SSSR count). The van der Waals surface area contributed by atoms with E-state index < -0.39 is 11.7 Å². The van der Waals surface area contributed by atoms with E-state index in [1.807, 2.05) is 11.8 Å². The highest BCUT2D eigenvalue weighted by Crippen LogP contribution is 2.36. The molecular weight excluding hydrogens is 261 g/mol. The number of rotatable bonds is 3. The lowest BCUT2D eigenvalue weighted by molar-refractivity contribution is -0.137. The van der Waals surface area contributed by atoms with E-state index in [1.165, 1.54) is 12.1 Å². The Morgan fingerprint density at radius 3 is 2.72 bits per heavy atom. The van der Waals surface area contributed by atoms with Gasteiger partial charge in [-0.1, -0.05) is 12.1 Å². The molecule has 0 bridgehead atoms. The lowest BCUT2D eigenvalue weighted by Crippen LogP contribution is -2.33. The van der Waals surface area contributed by atoms with Crippen LogP contribution in [0.3, 0.4) is 0 Å². The topological polar surface area (TPSA) is 38.0 Å². The van der Waals surface area contributed by atoms with Crippen LogP contribution in [0.25, 0.3) is 0 Å². The second kappa shape index (κ2) is 5.50. The number of thioether (sulfide) groups is 1. The Balaban J connectivity index is 2.25. The Kier molecular flexibility index (Phi) is 4.19. The fourth-order valence-corrected chi connectivity index (χ4v) is 3.53. The normalized spacial score (nSPS) is 22.1. The summed E-state index contributed by atoms with van der Waals surface area (Å²) in [7, 11) is 0. The molecule has 0 spiro atoms. The first-order valence-corrected chi connectivity index (χ1v) is 6.89. The molecule has 2 nitrogen and oxygen atoms in total. The summed E-state index contributed by atoms with van der Waals surface area (Å²) in [6, 6.07) is 5.20. The zero-order chi connectivity index (χ0) is 13.2. The van der Waals surface area contributed by atoms with Crippen molar-refractivity contribution in [3.8, 4) is 0 Å². The van der Waals surface area contributed by atoms with Crippen LogP contribution in [-0.2, 0) is 6.18 Å². The minimum atomic E-state index is -4.31. The van der Waals surface area contributed by atoms with Gasteiger partial charge in [0.1, 0.15) is 0 Å². The van der Waals surface area contributed by atoms with Crippen molar-refractivity contribution >= 4 is 11.8 Å². The minimum Gasteiger partial charge on any atom is -0.271 e. The van der Waals surface area contributed by atoms with Crippen molar-refractivity contribution in [2.45, 2.75) is 18.6 Å². The number of hydrogen-bond donors (Lipinski definition) is 2. The largest absolute Gasteiger partial charge is 0.416 e. The molecular formula is C12H15F3N2S. The maximum absolute atomic E-state index is 12.7. The van der Waals surface area contributed by atoms with Gasteiger partial charge in [0.05, 0.1) is 5.56 Å². The predicted molar refractivity (Wildman–Crippen MR) is 66.9 cm³/mol. The van der Waals surface area contributed by atoms with Crippen LogP contribution in [0.4, 0.5) is 13.2 Å². The van der Waals surface area contributed by atoms with E-state index in [4.69, 9.17) is 5.84 Å². The highest BCUT2D eigenvalue weighted by Gasteiger charge is 2.32. The van der Waals surface area contributed by atoms with Crippen LogP contribution >= 0.6 is 11.8 Å². The zero-order valence-electron chi connectivity index (χ0n) is 9.70. The van der Waals surface area contributed by atoms with Gasteiger partial charge in [-0.05, 0) is 41.5 Å². The molecule has 18 heavy (non-hydrogen) atoms. The first-order chi connectivity index (χ1) is 8.52. The van der Waals surface area contributed by atoms with Gasteiger partial charge in [-0.2, -0.15) is 24.9 Å². The predicted octanol–water partition coefficient (Wildman–Crippen LogP) is 2.96. The maximum Gasteiger partial charge on any atom is 0.416 e. The third-order valence-electron chi connectivity index (χ3n) is 3.19. The van der Waals surface area contributed by atoms with Gasteiger partial charge in [-0.3, -0.25) is 11.3 Å². The summed E-state index contributed by atoms with van der Waals surface area (Å²) in [6.07, 6.45) is -3.32. The smallest absolute Gasteiger partial charge is 0.271 e. The molecule has 1 aliphatic heterocycles. The molecule has 0 radical (unpaired) electrons. The Hall–Kier alpha value is -0.720. The van der Waals surface area contributed by atoms with E-state index in [-0.39, 0.29) is 6.04 Å². The van der Waals surface area contributed by atoms with E-state index in [0.29, 0.717) is 11.5 Å². The van der Waals surface area contributed by atoms with Crippen molar-refractivity contribution in [1.29, 1.82) is 0 Å². The summed E-state index contributed by atoms with van der Waals surface area (Å²) in [5.74, 6) is 7.78. The molecule has 1 aromatic carbocycles. The molecule has 1 aromatic rings. The van der Waals surface area contributed by atoms with Crippen molar-refractivity contribution in [3.05, 3.63) is 35.4 Å². The Morgan fingerprint density at radius 1 is 1.39 bits per heavy atom. The first-order valence-electron chi connectivity index (χ1n) is 5.73. The Bertz CT molecular complexity index is 403. The fourth-order valence-electron chi connectivity index (χ4n) is 2.23. The van der Waals surface area contributed by atoms with Crippen molar-refractivity contribution in [1.82, 2.24) is 5.43 Å². The second-order valence-corrected chi connectivity index (χ2v) is 5.54. The highest BCUT2D eigenvalue weighted by molar-refractivity contribution is 7.99. The number of alkyl halides is 3. The van der Waals surface area contributed by atoms with Gasteiger partial charge in [-0.15, -0.1) is 0 Å². The minimum absolute atomic E-state index is 0.206. The number of halogens is 3. The van der Waals surface area contributed by atoms with Gasteiger partial charge in [0.2, 0.25) is 0 Å². The van der Waals surface area contributed by atoms with E-state index in [1.54, 1.807) is 6.07 Å². The molecule has 0 aliphatic carbocycles. The van der Waals surface area contributed by atoms with Gasteiger partial charge in [0.25, 0.3) is 0 Å². The van der Waals surface area contributed by atoms with Crippen LogP contribution in [0, 0.1) is 5.92 Å². The lowest BCUT2D eigenvalue weighted by atomic mass is 9.92. The molecule has 0 amide bonds. The van der Waals surface area contributed by atoms with E-state index in [9.17, 15) is 13.2 Å². The zero-order valence-corrected chi connectivity index (χ0v) is 10.5. The van der Waals surface area contributed by atoms with E-state index in [0.717, 1.165) is 24.0 Å². The van der Waals surface area contributed by atoms with E-state index >= 15 is 0 Å².